The highest BCUT2D eigenvalue weighted by atomic mass is 16.5. The lowest BCUT2D eigenvalue weighted by molar-refractivity contribution is 0.0976. The standard InChI is InChI=1S/C25H31N5O3/c1-16-7-10-20(11-8-16)27-25(26-14-13-21-17(2)29-30(4)18(21)3)28-24(31)19-9-12-22(32-5)23(15-19)33-6/h7-12,15H,13-14H2,1-6H3,(H2,26,27,28,31). The maximum Gasteiger partial charge on any atom is 0.258 e. The smallest absolute Gasteiger partial charge is 0.258 e. The third-order valence-electron chi connectivity index (χ3n) is 5.48. The Kier molecular flexibility index (Phi) is 7.71. The Hall–Kier alpha value is -3.81. The van der Waals surface area contributed by atoms with Crippen LogP contribution >= 0.6 is 0 Å². The fraction of sp³-hybridized carbons (Fsp3) is 0.320. The number of carbonyl (C=O) groups excluding carboxylic acids is 1. The Balaban J connectivity index is 1.80. The molecule has 33 heavy (non-hydrogen) atoms. The van der Waals surface area contributed by atoms with Crippen LogP contribution < -0.4 is 20.1 Å². The topological polar surface area (TPSA) is 89.8 Å². The third-order valence-corrected chi connectivity index (χ3v) is 5.48. The summed E-state index contributed by atoms with van der Waals surface area (Å²) < 4.78 is 12.4. The Morgan fingerprint density at radius 3 is 2.33 bits per heavy atom. The number of amides is 1. The number of benzene rings is 2. The van der Waals surface area contributed by atoms with Crippen LogP contribution in [0.5, 0.6) is 11.5 Å². The third kappa shape index (κ3) is 5.91. The lowest BCUT2D eigenvalue weighted by atomic mass is 10.1. The van der Waals surface area contributed by atoms with E-state index in [0.717, 1.165) is 29.1 Å². The molecule has 0 atom stereocenters. The minimum atomic E-state index is -0.303. The molecule has 2 N–H and O–H groups in total. The number of nitrogens with zero attached hydrogens (tertiary/aromatic N) is 3. The van der Waals surface area contributed by atoms with Crippen LogP contribution in [0.2, 0.25) is 0 Å². The number of aryl methyl sites for hydroxylation is 3. The van der Waals surface area contributed by atoms with Crippen molar-refractivity contribution in [2.24, 2.45) is 12.0 Å². The van der Waals surface area contributed by atoms with Crippen LogP contribution in [0.1, 0.15) is 32.9 Å². The number of rotatable bonds is 7. The van der Waals surface area contributed by atoms with Crippen LogP contribution in [-0.2, 0) is 13.5 Å². The maximum atomic E-state index is 13.0. The van der Waals surface area contributed by atoms with Gasteiger partial charge in [-0.05, 0) is 63.1 Å². The molecule has 8 nitrogen and oxygen atoms in total. The molecule has 0 fully saturated rings. The molecule has 0 aliphatic carbocycles. The predicted molar refractivity (Wildman–Crippen MR) is 131 cm³/mol. The predicted octanol–water partition coefficient (Wildman–Crippen LogP) is 3.80. The zero-order chi connectivity index (χ0) is 24.0. The Morgan fingerprint density at radius 2 is 1.73 bits per heavy atom. The van der Waals surface area contributed by atoms with E-state index in [-0.39, 0.29) is 5.91 Å². The molecule has 8 heteroatoms. The molecule has 3 aromatic rings. The molecule has 0 unspecified atom stereocenters. The van der Waals surface area contributed by atoms with Crippen LogP contribution in [0.3, 0.4) is 0 Å². The molecule has 0 spiro atoms. The Labute approximate surface area is 194 Å². The molecule has 0 saturated heterocycles. The van der Waals surface area contributed by atoms with E-state index in [2.05, 4.69) is 20.7 Å². The average Bonchev–Trinajstić information content (AvgIpc) is 3.05. The average molecular weight is 450 g/mol. The van der Waals surface area contributed by atoms with Crippen molar-refractivity contribution in [2.45, 2.75) is 27.2 Å². The highest BCUT2D eigenvalue weighted by molar-refractivity contribution is 6.10. The quantitative estimate of drug-likeness (QED) is 0.423. The van der Waals surface area contributed by atoms with E-state index >= 15 is 0 Å². The summed E-state index contributed by atoms with van der Waals surface area (Å²) in [5.74, 6) is 1.11. The van der Waals surface area contributed by atoms with Crippen LogP contribution in [0.25, 0.3) is 0 Å². The number of hydrogen-bond acceptors (Lipinski definition) is 5. The van der Waals surface area contributed by atoms with Gasteiger partial charge < -0.3 is 14.8 Å². The summed E-state index contributed by atoms with van der Waals surface area (Å²) >= 11 is 0. The first-order valence-corrected chi connectivity index (χ1v) is 10.7. The van der Waals surface area contributed by atoms with Crippen LogP contribution in [0.15, 0.2) is 47.5 Å². The molecule has 0 aliphatic heterocycles. The van der Waals surface area contributed by atoms with Gasteiger partial charge in [0.25, 0.3) is 5.91 Å². The van der Waals surface area contributed by atoms with Crippen molar-refractivity contribution in [2.75, 3.05) is 26.1 Å². The number of guanidine groups is 1. The zero-order valence-corrected chi connectivity index (χ0v) is 20.0. The summed E-state index contributed by atoms with van der Waals surface area (Å²) in [6.07, 6.45) is 0.719. The van der Waals surface area contributed by atoms with E-state index in [0.29, 0.717) is 29.6 Å². The van der Waals surface area contributed by atoms with Gasteiger partial charge in [-0.3, -0.25) is 19.8 Å². The van der Waals surface area contributed by atoms with E-state index < -0.39 is 0 Å². The van der Waals surface area contributed by atoms with Gasteiger partial charge in [-0.15, -0.1) is 0 Å². The number of carbonyl (C=O) groups is 1. The summed E-state index contributed by atoms with van der Waals surface area (Å²) in [7, 11) is 5.02. The van der Waals surface area contributed by atoms with Gasteiger partial charge in [-0.25, -0.2) is 0 Å². The number of aromatic nitrogens is 2. The number of methoxy groups -OCH3 is 2. The van der Waals surface area contributed by atoms with Gasteiger partial charge in [0, 0.05) is 30.5 Å². The first-order chi connectivity index (χ1) is 15.8. The first kappa shape index (κ1) is 23.8. The molecule has 1 amide bonds. The largest absolute Gasteiger partial charge is 0.493 e. The Bertz CT molecular complexity index is 1150. The molecule has 1 heterocycles. The second-order valence-corrected chi connectivity index (χ2v) is 7.77. The van der Waals surface area contributed by atoms with Gasteiger partial charge >= 0.3 is 0 Å². The van der Waals surface area contributed by atoms with Gasteiger partial charge in [0.15, 0.2) is 11.5 Å². The Morgan fingerprint density at radius 1 is 1.03 bits per heavy atom. The molecule has 2 aromatic carbocycles. The molecule has 174 valence electrons. The molecule has 0 saturated carbocycles. The normalized spacial score (nSPS) is 11.3. The fourth-order valence-corrected chi connectivity index (χ4v) is 3.50. The van der Waals surface area contributed by atoms with Crippen molar-refractivity contribution in [1.29, 1.82) is 0 Å². The number of nitrogens with one attached hydrogen (secondary N) is 2. The van der Waals surface area contributed by atoms with E-state index in [1.165, 1.54) is 12.7 Å². The highest BCUT2D eigenvalue weighted by Gasteiger charge is 2.14. The van der Waals surface area contributed by atoms with Gasteiger partial charge in [0.05, 0.1) is 19.9 Å². The van der Waals surface area contributed by atoms with Crippen LogP contribution in [0.4, 0.5) is 5.69 Å². The monoisotopic (exact) mass is 449 g/mol. The molecule has 0 aliphatic rings. The summed E-state index contributed by atoms with van der Waals surface area (Å²) in [5.41, 5.74) is 5.70. The first-order valence-electron chi connectivity index (χ1n) is 10.7. The van der Waals surface area contributed by atoms with Crippen molar-refractivity contribution >= 4 is 17.6 Å². The number of aliphatic imine (C=N–C) groups is 1. The van der Waals surface area contributed by atoms with Gasteiger partial charge in [0.1, 0.15) is 0 Å². The lowest BCUT2D eigenvalue weighted by Crippen LogP contribution is -2.36. The van der Waals surface area contributed by atoms with Gasteiger partial charge in [-0.2, -0.15) is 5.10 Å². The van der Waals surface area contributed by atoms with Crippen LogP contribution in [-0.4, -0.2) is 42.4 Å². The minimum absolute atomic E-state index is 0.303. The molecule has 0 radical (unpaired) electrons. The minimum Gasteiger partial charge on any atom is -0.493 e. The van der Waals surface area contributed by atoms with E-state index in [9.17, 15) is 4.79 Å². The maximum absolute atomic E-state index is 13.0. The summed E-state index contributed by atoms with van der Waals surface area (Å²) in [4.78, 5) is 17.6. The number of ether oxygens (including phenoxy) is 2. The van der Waals surface area contributed by atoms with Crippen molar-refractivity contribution in [1.82, 2.24) is 15.1 Å². The highest BCUT2D eigenvalue weighted by Crippen LogP contribution is 2.27. The van der Waals surface area contributed by atoms with E-state index in [1.807, 2.05) is 56.8 Å². The van der Waals surface area contributed by atoms with Gasteiger partial charge in [-0.1, -0.05) is 17.7 Å². The lowest BCUT2D eigenvalue weighted by Gasteiger charge is -2.13. The van der Waals surface area contributed by atoms with Crippen molar-refractivity contribution in [3.63, 3.8) is 0 Å². The fourth-order valence-electron chi connectivity index (χ4n) is 3.50. The molecule has 0 bridgehead atoms. The second kappa shape index (κ2) is 10.7. The van der Waals surface area contributed by atoms with E-state index in [1.54, 1.807) is 25.3 Å². The van der Waals surface area contributed by atoms with Crippen LogP contribution in [0, 0.1) is 20.8 Å². The van der Waals surface area contributed by atoms with Crippen molar-refractivity contribution in [3.05, 3.63) is 70.5 Å². The molecular formula is C25H31N5O3. The number of anilines is 1. The summed E-state index contributed by atoms with van der Waals surface area (Å²) in [5, 5.41) is 10.6. The SMILES string of the molecule is COc1ccc(C(=O)NC(=NCCc2c(C)nn(C)c2C)Nc2ccc(C)cc2)cc1OC. The van der Waals surface area contributed by atoms with Gasteiger partial charge in [0.2, 0.25) is 5.96 Å². The van der Waals surface area contributed by atoms with E-state index in [4.69, 9.17) is 9.47 Å². The summed E-state index contributed by atoms with van der Waals surface area (Å²) in [6.45, 7) is 6.56. The second-order valence-electron chi connectivity index (χ2n) is 7.77. The molecule has 3 rings (SSSR count). The summed E-state index contributed by atoms with van der Waals surface area (Å²) in [6, 6.07) is 12.9. The molecular weight excluding hydrogens is 418 g/mol. The van der Waals surface area contributed by atoms with Crippen molar-refractivity contribution in [3.8, 4) is 11.5 Å². The molecule has 1 aromatic heterocycles. The van der Waals surface area contributed by atoms with Crippen molar-refractivity contribution < 1.29 is 14.3 Å². The zero-order valence-electron chi connectivity index (χ0n) is 20.0. The number of hydrogen-bond donors (Lipinski definition) is 2.